The first-order chi connectivity index (χ1) is 15.8. The van der Waals surface area contributed by atoms with Gasteiger partial charge in [-0.1, -0.05) is 30.3 Å². The summed E-state index contributed by atoms with van der Waals surface area (Å²) >= 11 is 2.00. The highest BCUT2D eigenvalue weighted by atomic mass is 32.2. The highest BCUT2D eigenvalue weighted by Gasteiger charge is 2.29. The van der Waals surface area contributed by atoms with Crippen molar-refractivity contribution in [1.29, 1.82) is 0 Å². The molecule has 2 aliphatic rings. The molecule has 2 aromatic carbocycles. The van der Waals surface area contributed by atoms with Crippen molar-refractivity contribution >= 4 is 34.8 Å². The number of nitrogens with zero attached hydrogens (tertiary/aromatic N) is 4. The van der Waals surface area contributed by atoms with Crippen molar-refractivity contribution < 1.29 is 9.57 Å². The number of thioether (sulfide) groups is 1. The third kappa shape index (κ3) is 4.47. The number of rotatable bonds is 6. The summed E-state index contributed by atoms with van der Waals surface area (Å²) in [6, 6.07) is 18.7. The lowest BCUT2D eigenvalue weighted by atomic mass is 10.0. The molecule has 2 saturated heterocycles. The first kappa shape index (κ1) is 20.9. The zero-order chi connectivity index (χ0) is 21.8. The van der Waals surface area contributed by atoms with Crippen LogP contribution >= 0.6 is 11.8 Å². The summed E-state index contributed by atoms with van der Waals surface area (Å²) in [7, 11) is 1.70. The normalized spacial score (nSPS) is 18.6. The van der Waals surface area contributed by atoms with E-state index in [9.17, 15) is 0 Å². The zero-order valence-corrected chi connectivity index (χ0v) is 18.9. The first-order valence-electron chi connectivity index (χ1n) is 10.9. The van der Waals surface area contributed by atoms with Crippen LogP contribution in [0.5, 0.6) is 5.75 Å². The minimum absolute atomic E-state index is 0.135. The highest BCUT2D eigenvalue weighted by molar-refractivity contribution is 7.99. The number of anilines is 4. The lowest BCUT2D eigenvalue weighted by Crippen LogP contribution is -2.32. The summed E-state index contributed by atoms with van der Waals surface area (Å²) in [5.41, 5.74) is 3.27. The van der Waals surface area contributed by atoms with Crippen LogP contribution in [0.15, 0.2) is 60.9 Å². The van der Waals surface area contributed by atoms with Crippen LogP contribution in [0.1, 0.15) is 18.0 Å². The lowest BCUT2D eigenvalue weighted by molar-refractivity contribution is 0.157. The predicted octanol–water partition coefficient (Wildman–Crippen LogP) is 4.67. The molecule has 32 heavy (non-hydrogen) atoms. The van der Waals surface area contributed by atoms with E-state index in [-0.39, 0.29) is 6.04 Å². The Bertz CT molecular complexity index is 1050. The van der Waals surface area contributed by atoms with Gasteiger partial charge in [0.25, 0.3) is 0 Å². The minimum atomic E-state index is 0.135. The summed E-state index contributed by atoms with van der Waals surface area (Å²) < 4.78 is 5.68. The molecule has 1 aromatic heterocycles. The number of nitrogens with one attached hydrogen (secondary N) is 1. The minimum Gasteiger partial charge on any atom is -0.494 e. The van der Waals surface area contributed by atoms with Gasteiger partial charge in [0.1, 0.15) is 17.9 Å². The van der Waals surface area contributed by atoms with E-state index in [1.807, 2.05) is 29.0 Å². The molecule has 0 amide bonds. The zero-order valence-electron chi connectivity index (χ0n) is 18.1. The Morgan fingerprint density at radius 2 is 1.91 bits per heavy atom. The van der Waals surface area contributed by atoms with E-state index < -0.39 is 0 Å². The van der Waals surface area contributed by atoms with Gasteiger partial charge >= 0.3 is 0 Å². The Balaban J connectivity index is 1.36. The number of hydrogen-bond donors (Lipinski definition) is 1. The van der Waals surface area contributed by atoms with Crippen molar-refractivity contribution in [2.24, 2.45) is 0 Å². The fraction of sp³-hybridized carbons (Fsp3) is 0.333. The van der Waals surface area contributed by atoms with Crippen molar-refractivity contribution in [1.82, 2.24) is 9.97 Å². The van der Waals surface area contributed by atoms with Gasteiger partial charge < -0.3 is 15.0 Å². The standard InChI is InChI=1S/C24H27N5O2S/c1-30-22-15-19(28-10-13-32-14-11-28)7-8-20(22)27-23-16-24(26-17-25-23)29-21(9-12-31-29)18-5-3-2-4-6-18/h2-8,15-17,21H,9-14H2,1H3,(H,25,26,27). The molecule has 166 valence electrons. The number of benzene rings is 2. The van der Waals surface area contributed by atoms with Crippen molar-refractivity contribution in [3.05, 3.63) is 66.5 Å². The molecule has 7 nitrogen and oxygen atoms in total. The average Bonchev–Trinajstić information content (AvgIpc) is 3.36. The molecular formula is C24H27N5O2S. The van der Waals surface area contributed by atoms with Gasteiger partial charge in [-0.2, -0.15) is 11.8 Å². The van der Waals surface area contributed by atoms with Crippen LogP contribution in [-0.2, 0) is 4.84 Å². The van der Waals surface area contributed by atoms with E-state index in [2.05, 4.69) is 62.6 Å². The molecule has 3 aromatic rings. The predicted molar refractivity (Wildman–Crippen MR) is 130 cm³/mol. The molecule has 0 radical (unpaired) electrons. The third-order valence-electron chi connectivity index (χ3n) is 5.79. The summed E-state index contributed by atoms with van der Waals surface area (Å²) in [6.45, 7) is 2.79. The Morgan fingerprint density at radius 3 is 2.72 bits per heavy atom. The van der Waals surface area contributed by atoms with Gasteiger partial charge in [0.2, 0.25) is 0 Å². The quantitative estimate of drug-likeness (QED) is 0.583. The fourth-order valence-electron chi connectivity index (χ4n) is 4.15. The molecule has 1 atom stereocenters. The van der Waals surface area contributed by atoms with E-state index in [0.29, 0.717) is 12.4 Å². The van der Waals surface area contributed by atoms with Crippen molar-refractivity contribution in [3.8, 4) is 5.75 Å². The van der Waals surface area contributed by atoms with E-state index in [1.165, 1.54) is 11.3 Å². The summed E-state index contributed by atoms with van der Waals surface area (Å²) in [4.78, 5) is 17.2. The maximum atomic E-state index is 5.92. The molecule has 0 bridgehead atoms. The third-order valence-corrected chi connectivity index (χ3v) is 6.73. The Hall–Kier alpha value is -2.97. The highest BCUT2D eigenvalue weighted by Crippen LogP contribution is 2.36. The molecule has 2 aliphatic heterocycles. The van der Waals surface area contributed by atoms with Crippen LogP contribution in [-0.4, -0.2) is 48.3 Å². The number of hydroxylamine groups is 1. The van der Waals surface area contributed by atoms with Crippen LogP contribution in [0.3, 0.4) is 0 Å². The van der Waals surface area contributed by atoms with Gasteiger partial charge in [0.15, 0.2) is 5.82 Å². The molecule has 5 rings (SSSR count). The van der Waals surface area contributed by atoms with E-state index in [1.54, 1.807) is 13.4 Å². The topological polar surface area (TPSA) is 62.8 Å². The van der Waals surface area contributed by atoms with Gasteiger partial charge in [-0.3, -0.25) is 4.84 Å². The Kier molecular flexibility index (Phi) is 6.31. The summed E-state index contributed by atoms with van der Waals surface area (Å²) in [5, 5.41) is 5.28. The van der Waals surface area contributed by atoms with Gasteiger partial charge in [-0.25, -0.2) is 15.0 Å². The molecule has 8 heteroatoms. The molecule has 1 unspecified atom stereocenters. The molecule has 2 fully saturated rings. The van der Waals surface area contributed by atoms with Gasteiger partial charge in [0, 0.05) is 48.8 Å². The van der Waals surface area contributed by atoms with Gasteiger partial charge in [-0.15, -0.1) is 0 Å². The fourth-order valence-corrected chi connectivity index (χ4v) is 5.05. The number of aromatic nitrogens is 2. The van der Waals surface area contributed by atoms with Crippen molar-refractivity contribution in [2.75, 3.05) is 53.6 Å². The van der Waals surface area contributed by atoms with E-state index in [4.69, 9.17) is 9.57 Å². The summed E-state index contributed by atoms with van der Waals surface area (Å²) in [5.74, 6) is 4.54. The molecule has 1 N–H and O–H groups in total. The second-order valence-corrected chi connectivity index (χ2v) is 8.97. The van der Waals surface area contributed by atoms with Crippen LogP contribution in [0.2, 0.25) is 0 Å². The number of ether oxygens (including phenoxy) is 1. The molecule has 0 saturated carbocycles. The largest absolute Gasteiger partial charge is 0.494 e. The number of hydrogen-bond acceptors (Lipinski definition) is 8. The maximum Gasteiger partial charge on any atom is 0.158 e. The summed E-state index contributed by atoms with van der Waals surface area (Å²) in [6.07, 6.45) is 2.48. The Labute approximate surface area is 192 Å². The van der Waals surface area contributed by atoms with Crippen molar-refractivity contribution in [3.63, 3.8) is 0 Å². The van der Waals surface area contributed by atoms with E-state index >= 15 is 0 Å². The second kappa shape index (κ2) is 9.67. The smallest absolute Gasteiger partial charge is 0.158 e. The monoisotopic (exact) mass is 449 g/mol. The van der Waals surface area contributed by atoms with Crippen LogP contribution < -0.4 is 20.0 Å². The van der Waals surface area contributed by atoms with Crippen LogP contribution in [0.25, 0.3) is 0 Å². The SMILES string of the molecule is COc1cc(N2CCSCC2)ccc1Nc1cc(N2OCCC2c2ccccc2)ncn1. The van der Waals surface area contributed by atoms with Crippen LogP contribution in [0.4, 0.5) is 23.0 Å². The molecule has 0 aliphatic carbocycles. The van der Waals surface area contributed by atoms with E-state index in [0.717, 1.165) is 48.3 Å². The average molecular weight is 450 g/mol. The molecule has 3 heterocycles. The first-order valence-corrected chi connectivity index (χ1v) is 12.0. The maximum absolute atomic E-state index is 5.92. The van der Waals surface area contributed by atoms with Crippen molar-refractivity contribution in [2.45, 2.75) is 12.5 Å². The van der Waals surface area contributed by atoms with Gasteiger partial charge in [0.05, 0.1) is 25.4 Å². The molecular weight excluding hydrogens is 422 g/mol. The number of methoxy groups -OCH3 is 1. The lowest BCUT2D eigenvalue weighted by Gasteiger charge is -2.29. The molecule has 0 spiro atoms. The second-order valence-electron chi connectivity index (χ2n) is 7.74. The van der Waals surface area contributed by atoms with Crippen LogP contribution in [0, 0.1) is 0 Å². The van der Waals surface area contributed by atoms with Gasteiger partial charge in [-0.05, 0) is 17.7 Å². The Morgan fingerprint density at radius 1 is 1.06 bits per heavy atom.